The van der Waals surface area contributed by atoms with Crippen LogP contribution in [0, 0.1) is 5.92 Å². The molecule has 0 aliphatic carbocycles. The Labute approximate surface area is 129 Å². The molecule has 2 rings (SSSR count). The lowest BCUT2D eigenvalue weighted by atomic mass is 9.91. The number of carbonyl (C=O) groups is 2. The van der Waals surface area contributed by atoms with Crippen molar-refractivity contribution >= 4 is 23.3 Å². The summed E-state index contributed by atoms with van der Waals surface area (Å²) in [6, 6.07) is 3.05. The highest BCUT2D eigenvalue weighted by molar-refractivity contribution is 7.10. The average Bonchev–Trinajstić information content (AvgIpc) is 3.05. The molecule has 1 aliphatic heterocycles. The number of carboxylic acid groups (broad SMARTS) is 1. The lowest BCUT2D eigenvalue weighted by Gasteiger charge is -2.28. The molecule has 2 heterocycles. The van der Waals surface area contributed by atoms with Crippen molar-refractivity contribution < 1.29 is 14.7 Å². The molecule has 2 N–H and O–H groups in total. The molecular formula is C15H22N2O3S. The summed E-state index contributed by atoms with van der Waals surface area (Å²) in [6.07, 6.45) is 0.735. The third kappa shape index (κ3) is 3.37. The second-order valence-corrected chi connectivity index (χ2v) is 7.21. The van der Waals surface area contributed by atoms with Crippen molar-refractivity contribution in [1.29, 1.82) is 0 Å². The predicted octanol–water partition coefficient (Wildman–Crippen LogP) is 2.53. The molecule has 0 spiro atoms. The molecule has 1 fully saturated rings. The molecule has 21 heavy (non-hydrogen) atoms. The van der Waals surface area contributed by atoms with Gasteiger partial charge in [-0.1, -0.05) is 26.8 Å². The van der Waals surface area contributed by atoms with E-state index < -0.39 is 12.0 Å². The van der Waals surface area contributed by atoms with Gasteiger partial charge in [-0.2, -0.15) is 0 Å². The van der Waals surface area contributed by atoms with Gasteiger partial charge in [0.25, 0.3) is 0 Å². The molecule has 1 saturated heterocycles. The maximum absolute atomic E-state index is 12.3. The summed E-state index contributed by atoms with van der Waals surface area (Å²) in [6.45, 7) is 7.01. The second-order valence-electron chi connectivity index (χ2n) is 6.26. The van der Waals surface area contributed by atoms with Crippen molar-refractivity contribution in [1.82, 2.24) is 10.2 Å². The Kier molecular flexibility index (Phi) is 4.56. The number of likely N-dealkylation sites (tertiary alicyclic amines) is 1. The molecule has 5 nitrogen and oxygen atoms in total. The van der Waals surface area contributed by atoms with Gasteiger partial charge in [0.2, 0.25) is 0 Å². The quantitative estimate of drug-likeness (QED) is 0.898. The Morgan fingerprint density at radius 1 is 1.52 bits per heavy atom. The Morgan fingerprint density at radius 2 is 2.24 bits per heavy atom. The third-order valence-corrected chi connectivity index (χ3v) is 5.32. The van der Waals surface area contributed by atoms with Crippen molar-refractivity contribution in [2.75, 3.05) is 13.1 Å². The molecule has 1 aromatic heterocycles. The molecule has 2 atom stereocenters. The summed E-state index contributed by atoms with van der Waals surface area (Å²) < 4.78 is 0. The van der Waals surface area contributed by atoms with Gasteiger partial charge in [-0.05, 0) is 23.8 Å². The molecule has 6 heteroatoms. The normalized spacial score (nSPS) is 22.3. The van der Waals surface area contributed by atoms with Gasteiger partial charge in [0, 0.05) is 23.4 Å². The van der Waals surface area contributed by atoms with Crippen LogP contribution < -0.4 is 5.32 Å². The predicted molar refractivity (Wildman–Crippen MR) is 82.7 cm³/mol. The smallest absolute Gasteiger partial charge is 0.326 e. The van der Waals surface area contributed by atoms with E-state index in [1.54, 1.807) is 11.3 Å². The van der Waals surface area contributed by atoms with Gasteiger partial charge < -0.3 is 15.3 Å². The number of amides is 2. The minimum Gasteiger partial charge on any atom is -0.480 e. The summed E-state index contributed by atoms with van der Waals surface area (Å²) in [5.41, 5.74) is -0.159. The fourth-order valence-corrected chi connectivity index (χ4v) is 3.55. The molecule has 0 bridgehead atoms. The Morgan fingerprint density at radius 3 is 2.81 bits per heavy atom. The summed E-state index contributed by atoms with van der Waals surface area (Å²) in [5, 5.41) is 14.2. The van der Waals surface area contributed by atoms with Crippen LogP contribution in [-0.2, 0) is 10.2 Å². The zero-order chi connectivity index (χ0) is 15.6. The van der Waals surface area contributed by atoms with Crippen LogP contribution in [0.1, 0.15) is 32.1 Å². The number of hydrogen-bond acceptors (Lipinski definition) is 3. The van der Waals surface area contributed by atoms with Crippen LogP contribution in [0.25, 0.3) is 0 Å². The van der Waals surface area contributed by atoms with E-state index in [2.05, 4.69) is 25.2 Å². The van der Waals surface area contributed by atoms with Gasteiger partial charge in [0.15, 0.2) is 0 Å². The fourth-order valence-electron chi connectivity index (χ4n) is 2.70. The van der Waals surface area contributed by atoms with E-state index in [1.807, 2.05) is 18.4 Å². The van der Waals surface area contributed by atoms with Crippen LogP contribution in [0.15, 0.2) is 17.5 Å². The van der Waals surface area contributed by atoms with Gasteiger partial charge in [0.05, 0.1) is 0 Å². The largest absolute Gasteiger partial charge is 0.480 e. The number of thiophene rings is 1. The number of carbonyl (C=O) groups excluding carboxylic acids is 1. The van der Waals surface area contributed by atoms with Crippen LogP contribution in [-0.4, -0.2) is 41.1 Å². The van der Waals surface area contributed by atoms with Crippen molar-refractivity contribution in [3.05, 3.63) is 22.4 Å². The van der Waals surface area contributed by atoms with Crippen LogP contribution in [0.2, 0.25) is 0 Å². The average molecular weight is 310 g/mol. The zero-order valence-corrected chi connectivity index (χ0v) is 13.4. The molecule has 0 saturated carbocycles. The number of hydrogen-bond donors (Lipinski definition) is 2. The molecular weight excluding hydrogens is 288 g/mol. The van der Waals surface area contributed by atoms with Gasteiger partial charge in [-0.25, -0.2) is 9.59 Å². The van der Waals surface area contributed by atoms with E-state index in [-0.39, 0.29) is 17.4 Å². The number of nitrogens with zero attached hydrogens (tertiary/aromatic N) is 1. The zero-order valence-electron chi connectivity index (χ0n) is 12.6. The van der Waals surface area contributed by atoms with Crippen LogP contribution >= 0.6 is 11.3 Å². The van der Waals surface area contributed by atoms with E-state index in [0.29, 0.717) is 13.1 Å². The molecule has 1 aromatic rings. The monoisotopic (exact) mass is 310 g/mol. The molecule has 0 aromatic carbocycles. The number of urea groups is 1. The van der Waals surface area contributed by atoms with Crippen LogP contribution in [0.5, 0.6) is 0 Å². The number of aliphatic carboxylic acids is 1. The molecule has 1 aliphatic rings. The van der Waals surface area contributed by atoms with E-state index in [9.17, 15) is 14.7 Å². The third-order valence-electron chi connectivity index (χ3n) is 4.08. The van der Waals surface area contributed by atoms with E-state index in [4.69, 9.17) is 0 Å². The van der Waals surface area contributed by atoms with Crippen molar-refractivity contribution in [3.63, 3.8) is 0 Å². The summed E-state index contributed by atoms with van der Waals surface area (Å²) in [7, 11) is 0. The number of carboxylic acids is 1. The maximum atomic E-state index is 12.3. The first-order valence-electron chi connectivity index (χ1n) is 7.14. The van der Waals surface area contributed by atoms with Gasteiger partial charge in [-0.3, -0.25) is 0 Å². The van der Waals surface area contributed by atoms with Crippen LogP contribution in [0.3, 0.4) is 0 Å². The minimum absolute atomic E-state index is 0.00134. The first-order chi connectivity index (χ1) is 9.83. The Balaban J connectivity index is 1.97. The lowest BCUT2D eigenvalue weighted by Crippen LogP contribution is -2.49. The highest BCUT2D eigenvalue weighted by Gasteiger charge is 2.39. The summed E-state index contributed by atoms with van der Waals surface area (Å²) in [4.78, 5) is 26.2. The SMILES string of the molecule is CC1CCN(C(=O)NCC(C)(C)c2cccs2)C1C(=O)O. The molecule has 116 valence electrons. The lowest BCUT2D eigenvalue weighted by molar-refractivity contribution is -0.142. The van der Waals surface area contributed by atoms with Gasteiger partial charge >= 0.3 is 12.0 Å². The number of rotatable bonds is 4. The Bertz CT molecular complexity index is 513. The van der Waals surface area contributed by atoms with Crippen molar-refractivity contribution in [2.45, 2.75) is 38.6 Å². The van der Waals surface area contributed by atoms with Crippen molar-refractivity contribution in [2.24, 2.45) is 5.92 Å². The minimum atomic E-state index is -0.923. The summed E-state index contributed by atoms with van der Waals surface area (Å²) in [5.74, 6) is -0.925. The second kappa shape index (κ2) is 6.05. The van der Waals surface area contributed by atoms with Crippen molar-refractivity contribution in [3.8, 4) is 0 Å². The first kappa shape index (κ1) is 15.8. The highest BCUT2D eigenvalue weighted by Crippen LogP contribution is 2.27. The molecule has 2 unspecified atom stereocenters. The van der Waals surface area contributed by atoms with Gasteiger partial charge in [-0.15, -0.1) is 11.3 Å². The topological polar surface area (TPSA) is 69.6 Å². The first-order valence-corrected chi connectivity index (χ1v) is 8.02. The number of nitrogens with one attached hydrogen (secondary N) is 1. The molecule has 2 amide bonds. The van der Waals surface area contributed by atoms with E-state index >= 15 is 0 Å². The van der Waals surface area contributed by atoms with E-state index in [1.165, 1.54) is 9.78 Å². The highest BCUT2D eigenvalue weighted by atomic mass is 32.1. The summed E-state index contributed by atoms with van der Waals surface area (Å²) >= 11 is 1.66. The van der Waals surface area contributed by atoms with Crippen LogP contribution in [0.4, 0.5) is 4.79 Å². The van der Waals surface area contributed by atoms with E-state index in [0.717, 1.165) is 6.42 Å². The Hall–Kier alpha value is -1.56. The maximum Gasteiger partial charge on any atom is 0.326 e. The fraction of sp³-hybridized carbons (Fsp3) is 0.600. The standard InChI is InChI=1S/C15H22N2O3S/c1-10-6-7-17(12(10)13(18)19)14(20)16-9-15(2,3)11-5-4-8-21-11/h4-5,8,10,12H,6-7,9H2,1-3H3,(H,16,20)(H,18,19). The van der Waals surface area contributed by atoms with Gasteiger partial charge in [0.1, 0.15) is 6.04 Å². The molecule has 0 radical (unpaired) electrons.